The second-order valence-corrected chi connectivity index (χ2v) is 6.42. The van der Waals surface area contributed by atoms with Crippen LogP contribution in [0.4, 0.5) is 0 Å². The highest BCUT2D eigenvalue weighted by atomic mass is 35.5. The molecule has 1 saturated heterocycles. The van der Waals surface area contributed by atoms with E-state index in [4.69, 9.17) is 16.3 Å². The van der Waals surface area contributed by atoms with Gasteiger partial charge in [-0.05, 0) is 36.1 Å². The summed E-state index contributed by atoms with van der Waals surface area (Å²) in [5.74, 6) is -0.955. The molecule has 2 aromatic carbocycles. The zero-order valence-electron chi connectivity index (χ0n) is 12.9. The van der Waals surface area contributed by atoms with Gasteiger partial charge in [-0.15, -0.1) is 0 Å². The summed E-state index contributed by atoms with van der Waals surface area (Å²) < 4.78 is 5.70. The Morgan fingerprint density at radius 1 is 1.25 bits per heavy atom. The fraction of sp³-hybridized carbons (Fsp3) is 0.211. The molecular formula is C19H16ClNO3. The van der Waals surface area contributed by atoms with Crippen LogP contribution in [0.25, 0.3) is 22.0 Å². The molecule has 4 nitrogen and oxygen atoms in total. The average molecular weight is 342 g/mol. The van der Waals surface area contributed by atoms with Crippen LogP contribution in [0.2, 0.25) is 5.02 Å². The molecule has 0 saturated carbocycles. The zero-order valence-corrected chi connectivity index (χ0v) is 13.6. The van der Waals surface area contributed by atoms with Crippen molar-refractivity contribution < 1.29 is 14.6 Å². The quantitative estimate of drug-likeness (QED) is 0.701. The molecule has 1 atom stereocenters. The van der Waals surface area contributed by atoms with Crippen molar-refractivity contribution in [2.75, 3.05) is 6.61 Å². The van der Waals surface area contributed by atoms with Gasteiger partial charge in [-0.3, -0.25) is 0 Å². The number of carboxylic acid groups (broad SMARTS) is 1. The van der Waals surface area contributed by atoms with E-state index in [9.17, 15) is 9.90 Å². The lowest BCUT2D eigenvalue weighted by Gasteiger charge is -2.11. The molecule has 5 heteroatoms. The van der Waals surface area contributed by atoms with Crippen LogP contribution in [-0.4, -0.2) is 22.7 Å². The van der Waals surface area contributed by atoms with Gasteiger partial charge in [0.1, 0.15) is 0 Å². The molecule has 0 aliphatic carbocycles. The van der Waals surface area contributed by atoms with Crippen molar-refractivity contribution in [3.8, 4) is 11.1 Å². The Hall–Kier alpha value is -2.30. The normalized spacial score (nSPS) is 17.5. The van der Waals surface area contributed by atoms with Crippen LogP contribution in [0, 0.1) is 0 Å². The maximum Gasteiger partial charge on any atom is 0.337 e. The van der Waals surface area contributed by atoms with Gasteiger partial charge in [0, 0.05) is 29.3 Å². The first-order valence-corrected chi connectivity index (χ1v) is 8.27. The second kappa shape index (κ2) is 5.96. The number of hydrogen-bond acceptors (Lipinski definition) is 2. The van der Waals surface area contributed by atoms with Gasteiger partial charge in [0.15, 0.2) is 0 Å². The van der Waals surface area contributed by atoms with Crippen LogP contribution < -0.4 is 0 Å². The van der Waals surface area contributed by atoms with Gasteiger partial charge in [0.2, 0.25) is 0 Å². The molecule has 0 bridgehead atoms. The maximum absolute atomic E-state index is 11.3. The number of aromatic carboxylic acids is 1. The number of aromatic nitrogens is 1. The lowest BCUT2D eigenvalue weighted by Crippen LogP contribution is -1.95. The molecule has 2 heterocycles. The van der Waals surface area contributed by atoms with E-state index in [1.54, 1.807) is 6.07 Å². The molecule has 24 heavy (non-hydrogen) atoms. The summed E-state index contributed by atoms with van der Waals surface area (Å²) >= 11 is 6.40. The number of aromatic amines is 1. The highest BCUT2D eigenvalue weighted by Crippen LogP contribution is 2.35. The molecule has 1 aromatic heterocycles. The van der Waals surface area contributed by atoms with Crippen molar-refractivity contribution >= 4 is 28.5 Å². The van der Waals surface area contributed by atoms with E-state index in [0.717, 1.165) is 36.1 Å². The molecule has 122 valence electrons. The minimum atomic E-state index is -0.955. The predicted molar refractivity (Wildman–Crippen MR) is 93.6 cm³/mol. The van der Waals surface area contributed by atoms with E-state index >= 15 is 0 Å². The Morgan fingerprint density at radius 2 is 2.04 bits per heavy atom. The van der Waals surface area contributed by atoms with Crippen LogP contribution in [-0.2, 0) is 4.74 Å². The summed E-state index contributed by atoms with van der Waals surface area (Å²) in [5.41, 5.74) is 3.92. The van der Waals surface area contributed by atoms with Crippen LogP contribution in [0.5, 0.6) is 0 Å². The highest BCUT2D eigenvalue weighted by molar-refractivity contribution is 6.34. The highest BCUT2D eigenvalue weighted by Gasteiger charge is 2.18. The van der Waals surface area contributed by atoms with E-state index in [0.29, 0.717) is 10.4 Å². The summed E-state index contributed by atoms with van der Waals surface area (Å²) in [4.78, 5) is 14.3. The minimum absolute atomic E-state index is 0.181. The second-order valence-electron chi connectivity index (χ2n) is 6.01. The van der Waals surface area contributed by atoms with Crippen molar-refractivity contribution in [1.82, 2.24) is 4.98 Å². The third-order valence-corrected chi connectivity index (χ3v) is 4.84. The molecule has 0 radical (unpaired) electrons. The summed E-state index contributed by atoms with van der Waals surface area (Å²) in [7, 11) is 0. The predicted octanol–water partition coefficient (Wildman–Crippen LogP) is 5.04. The molecule has 3 aromatic rings. The molecule has 0 amide bonds. The number of H-pyrrole nitrogens is 1. The largest absolute Gasteiger partial charge is 0.478 e. The van der Waals surface area contributed by atoms with E-state index in [-0.39, 0.29) is 11.7 Å². The standard InChI is InChI=1S/C19H16ClNO3/c20-16-9-17-14(15(10-21-17)19(22)23)8-13(16)11-3-5-12(6-4-11)18-2-1-7-24-18/h3-6,8-10,18,21H,1-2,7H2,(H,22,23). The molecule has 0 spiro atoms. The smallest absolute Gasteiger partial charge is 0.337 e. The SMILES string of the molecule is O=C(O)c1c[nH]c2cc(Cl)c(-c3ccc(C4CCCO4)cc3)cc12. The maximum atomic E-state index is 11.3. The van der Waals surface area contributed by atoms with Crippen molar-refractivity contribution in [1.29, 1.82) is 0 Å². The Labute approximate surface area is 144 Å². The van der Waals surface area contributed by atoms with Crippen LogP contribution >= 0.6 is 11.6 Å². The number of rotatable bonds is 3. The van der Waals surface area contributed by atoms with Gasteiger partial charge >= 0.3 is 5.97 Å². The summed E-state index contributed by atoms with van der Waals surface area (Å²) in [6.45, 7) is 0.820. The zero-order chi connectivity index (χ0) is 16.7. The van der Waals surface area contributed by atoms with Crippen LogP contribution in [0.1, 0.15) is 34.9 Å². The first-order valence-electron chi connectivity index (χ1n) is 7.89. The molecule has 1 fully saturated rings. The third-order valence-electron chi connectivity index (χ3n) is 4.52. The third kappa shape index (κ3) is 2.58. The Morgan fingerprint density at radius 3 is 2.71 bits per heavy atom. The number of ether oxygens (including phenoxy) is 1. The van der Waals surface area contributed by atoms with Gasteiger partial charge in [-0.1, -0.05) is 35.9 Å². The Bertz CT molecular complexity index is 908. The molecule has 2 N–H and O–H groups in total. The van der Waals surface area contributed by atoms with E-state index < -0.39 is 5.97 Å². The summed E-state index contributed by atoms with van der Waals surface area (Å²) in [6.07, 6.45) is 3.83. The summed E-state index contributed by atoms with van der Waals surface area (Å²) in [6, 6.07) is 11.7. The van der Waals surface area contributed by atoms with E-state index in [2.05, 4.69) is 17.1 Å². The Balaban J connectivity index is 1.76. The number of carbonyl (C=O) groups is 1. The van der Waals surface area contributed by atoms with Gasteiger partial charge in [-0.2, -0.15) is 0 Å². The molecule has 1 unspecified atom stereocenters. The van der Waals surface area contributed by atoms with E-state index in [1.807, 2.05) is 18.2 Å². The number of fused-ring (bicyclic) bond motifs is 1. The number of nitrogens with one attached hydrogen (secondary N) is 1. The first-order chi connectivity index (χ1) is 11.6. The lowest BCUT2D eigenvalue weighted by molar-refractivity contribution is 0.0699. The minimum Gasteiger partial charge on any atom is -0.478 e. The Kier molecular flexibility index (Phi) is 3.79. The monoisotopic (exact) mass is 341 g/mol. The van der Waals surface area contributed by atoms with Gasteiger partial charge in [0.25, 0.3) is 0 Å². The molecule has 1 aliphatic heterocycles. The fourth-order valence-corrected chi connectivity index (χ4v) is 3.53. The van der Waals surface area contributed by atoms with Gasteiger partial charge in [-0.25, -0.2) is 4.79 Å². The van der Waals surface area contributed by atoms with Crippen molar-refractivity contribution in [3.05, 3.63) is 58.7 Å². The molecule has 4 rings (SSSR count). The average Bonchev–Trinajstić information content (AvgIpc) is 3.23. The van der Waals surface area contributed by atoms with Gasteiger partial charge in [0.05, 0.1) is 16.7 Å². The van der Waals surface area contributed by atoms with Crippen LogP contribution in [0.3, 0.4) is 0 Å². The van der Waals surface area contributed by atoms with Crippen molar-refractivity contribution in [3.63, 3.8) is 0 Å². The fourth-order valence-electron chi connectivity index (χ4n) is 3.26. The topological polar surface area (TPSA) is 62.3 Å². The van der Waals surface area contributed by atoms with Crippen molar-refractivity contribution in [2.45, 2.75) is 18.9 Å². The number of benzene rings is 2. The van der Waals surface area contributed by atoms with Crippen molar-refractivity contribution in [2.24, 2.45) is 0 Å². The van der Waals surface area contributed by atoms with Gasteiger partial charge < -0.3 is 14.8 Å². The van der Waals surface area contributed by atoms with Crippen LogP contribution in [0.15, 0.2) is 42.6 Å². The lowest BCUT2D eigenvalue weighted by atomic mass is 9.99. The molecule has 1 aliphatic rings. The summed E-state index contributed by atoms with van der Waals surface area (Å²) in [5, 5.41) is 10.5. The molecular weight excluding hydrogens is 326 g/mol. The number of carboxylic acids is 1. The van der Waals surface area contributed by atoms with E-state index in [1.165, 1.54) is 11.8 Å². The first kappa shape index (κ1) is 15.2. The number of halogens is 1. The number of hydrogen-bond donors (Lipinski definition) is 2.